The third kappa shape index (κ3) is 4.87. The highest BCUT2D eigenvalue weighted by Crippen LogP contribution is 2.33. The Labute approximate surface area is 186 Å². The minimum atomic E-state index is -4.06. The summed E-state index contributed by atoms with van der Waals surface area (Å²) < 4.78 is 42.5. The van der Waals surface area contributed by atoms with Gasteiger partial charge in [-0.05, 0) is 56.8 Å². The Morgan fingerprint density at radius 2 is 2.06 bits per heavy atom. The molecule has 4 rings (SSSR count). The largest absolute Gasteiger partial charge is 0.395 e. The second-order valence-electron chi connectivity index (χ2n) is 8.36. The number of hydrogen-bond acceptors (Lipinski definition) is 7. The van der Waals surface area contributed by atoms with Gasteiger partial charge >= 0.3 is 0 Å². The highest BCUT2D eigenvalue weighted by atomic mass is 32.2. The number of halogens is 1. The van der Waals surface area contributed by atoms with Gasteiger partial charge in [-0.2, -0.15) is 0 Å². The molecule has 10 heteroatoms. The lowest BCUT2D eigenvalue weighted by atomic mass is 9.88. The summed E-state index contributed by atoms with van der Waals surface area (Å²) in [6, 6.07) is 3.26. The number of anilines is 2. The number of aromatic nitrogens is 1. The second-order valence-corrected chi connectivity index (χ2v) is 10.9. The molecule has 1 aliphatic heterocycles. The first-order valence-electron chi connectivity index (χ1n) is 10.7. The van der Waals surface area contributed by atoms with E-state index in [-0.39, 0.29) is 34.8 Å². The van der Waals surface area contributed by atoms with E-state index in [4.69, 9.17) is 0 Å². The summed E-state index contributed by atoms with van der Waals surface area (Å²) in [7, 11) is -4.06. The number of rotatable bonds is 7. The number of hydrogen-bond donors (Lipinski definition) is 3. The summed E-state index contributed by atoms with van der Waals surface area (Å²) in [6.07, 6.45) is 7.82. The zero-order valence-electron chi connectivity index (χ0n) is 17.6. The second kappa shape index (κ2) is 9.40. The molecule has 2 aromatic rings. The molecule has 0 bridgehead atoms. The van der Waals surface area contributed by atoms with Crippen molar-refractivity contribution in [1.82, 2.24) is 9.88 Å². The fourth-order valence-electron chi connectivity index (χ4n) is 4.83. The third-order valence-corrected chi connectivity index (χ3v) is 8.52. The molecule has 2 heterocycles. The van der Waals surface area contributed by atoms with Crippen LogP contribution in [0.3, 0.4) is 0 Å². The van der Waals surface area contributed by atoms with Crippen molar-refractivity contribution in [3.8, 4) is 0 Å². The van der Waals surface area contributed by atoms with Crippen LogP contribution in [-0.4, -0.2) is 54.7 Å². The Morgan fingerprint density at radius 1 is 1.26 bits per heavy atom. The molecule has 170 valence electrons. The van der Waals surface area contributed by atoms with Gasteiger partial charge in [0.05, 0.1) is 6.61 Å². The van der Waals surface area contributed by atoms with Crippen LogP contribution in [0.5, 0.6) is 0 Å². The Morgan fingerprint density at radius 3 is 2.81 bits per heavy atom. The van der Waals surface area contributed by atoms with E-state index >= 15 is 0 Å². The predicted molar refractivity (Wildman–Crippen MR) is 121 cm³/mol. The van der Waals surface area contributed by atoms with Gasteiger partial charge < -0.3 is 10.4 Å². The average molecular weight is 469 g/mol. The van der Waals surface area contributed by atoms with Gasteiger partial charge in [-0.1, -0.05) is 12.8 Å². The maximum Gasteiger partial charge on any atom is 0.266 e. The molecule has 0 amide bonds. The molecule has 0 radical (unpaired) electrons. The molecule has 31 heavy (non-hydrogen) atoms. The molecule has 1 saturated carbocycles. The molecule has 1 aromatic heterocycles. The van der Waals surface area contributed by atoms with E-state index in [9.17, 15) is 17.9 Å². The molecule has 3 atom stereocenters. The maximum atomic E-state index is 14.9. The third-order valence-electron chi connectivity index (χ3n) is 6.35. The number of aliphatic hydroxyl groups is 1. The average Bonchev–Trinajstić information content (AvgIpc) is 3.42. The monoisotopic (exact) mass is 468 g/mol. The number of benzene rings is 1. The molecule has 0 unspecified atom stereocenters. The molecule has 1 aromatic carbocycles. The zero-order valence-corrected chi connectivity index (χ0v) is 19.2. The van der Waals surface area contributed by atoms with Gasteiger partial charge in [-0.15, -0.1) is 11.3 Å². The topological polar surface area (TPSA) is 94.6 Å². The number of sulfonamides is 1. The number of likely N-dealkylation sites (tertiary alicyclic amines) is 1. The Kier molecular flexibility index (Phi) is 6.80. The van der Waals surface area contributed by atoms with Crippen molar-refractivity contribution in [1.29, 1.82) is 0 Å². The van der Waals surface area contributed by atoms with Crippen molar-refractivity contribution in [2.45, 2.75) is 68.5 Å². The smallest absolute Gasteiger partial charge is 0.266 e. The lowest BCUT2D eigenvalue weighted by Crippen LogP contribution is -2.51. The van der Waals surface area contributed by atoms with Gasteiger partial charge in [0, 0.05) is 35.4 Å². The number of aryl methyl sites for hydroxylation is 1. The van der Waals surface area contributed by atoms with Gasteiger partial charge in [0.25, 0.3) is 10.0 Å². The lowest BCUT2D eigenvalue weighted by molar-refractivity contribution is 0.0910. The summed E-state index contributed by atoms with van der Waals surface area (Å²) in [6.45, 7) is 2.92. The number of thiazole rings is 1. The van der Waals surface area contributed by atoms with Crippen molar-refractivity contribution < 1.29 is 17.9 Å². The summed E-state index contributed by atoms with van der Waals surface area (Å²) in [5.41, 5.74) is 1.28. The number of aliphatic hydroxyl groups excluding tert-OH is 1. The van der Waals surface area contributed by atoms with Crippen molar-refractivity contribution in [3.05, 3.63) is 35.1 Å². The lowest BCUT2D eigenvalue weighted by Gasteiger charge is -2.41. The van der Waals surface area contributed by atoms with E-state index in [1.807, 2.05) is 0 Å². The standard InChI is InChI=1S/C21H29FN4O3S2/c1-14-11-20(31(28,29)25-21-23-8-10-30-21)16(22)12-18(14)24-17-6-2-3-7-19(17)26-9-4-5-15(26)13-27/h8,10-12,15,17,19,24,27H,2-7,9,13H2,1H3,(H,23,25)/t15-,17+,19+/m1/s1. The molecular formula is C21H29FN4O3S2. The summed E-state index contributed by atoms with van der Waals surface area (Å²) in [5, 5.41) is 15.1. The summed E-state index contributed by atoms with van der Waals surface area (Å²) in [5.74, 6) is -0.793. The van der Waals surface area contributed by atoms with E-state index in [1.54, 1.807) is 12.3 Å². The van der Waals surface area contributed by atoms with Crippen LogP contribution in [0.2, 0.25) is 0 Å². The molecule has 0 spiro atoms. The molecular weight excluding hydrogens is 439 g/mol. The van der Waals surface area contributed by atoms with Crippen LogP contribution in [0, 0.1) is 12.7 Å². The van der Waals surface area contributed by atoms with Crippen LogP contribution in [0.4, 0.5) is 15.2 Å². The van der Waals surface area contributed by atoms with Gasteiger partial charge in [0.2, 0.25) is 0 Å². The number of nitrogens with zero attached hydrogens (tertiary/aromatic N) is 2. The highest BCUT2D eigenvalue weighted by molar-refractivity contribution is 7.93. The van der Waals surface area contributed by atoms with Crippen LogP contribution in [0.15, 0.2) is 28.6 Å². The van der Waals surface area contributed by atoms with E-state index in [1.165, 1.54) is 18.3 Å². The minimum Gasteiger partial charge on any atom is -0.395 e. The van der Waals surface area contributed by atoms with Crippen molar-refractivity contribution in [3.63, 3.8) is 0 Å². The van der Waals surface area contributed by atoms with E-state index in [0.29, 0.717) is 11.3 Å². The zero-order chi connectivity index (χ0) is 22.0. The highest BCUT2D eigenvalue weighted by Gasteiger charge is 2.36. The first-order valence-corrected chi connectivity index (χ1v) is 13.1. The Bertz CT molecular complexity index is 1000. The predicted octanol–water partition coefficient (Wildman–Crippen LogP) is 3.57. The van der Waals surface area contributed by atoms with E-state index < -0.39 is 15.8 Å². The van der Waals surface area contributed by atoms with Gasteiger partial charge in [-0.25, -0.2) is 17.8 Å². The van der Waals surface area contributed by atoms with Gasteiger partial charge in [-0.3, -0.25) is 9.62 Å². The number of nitrogens with one attached hydrogen (secondary N) is 2. The SMILES string of the molecule is Cc1cc(S(=O)(=O)Nc2nccs2)c(F)cc1N[C@H]1CCCC[C@@H]1N1CCC[C@@H]1CO. The first-order chi connectivity index (χ1) is 14.9. The van der Waals surface area contributed by atoms with Crippen LogP contribution in [0.1, 0.15) is 44.1 Å². The first kappa shape index (κ1) is 22.4. The fourth-order valence-corrected chi connectivity index (χ4v) is 6.76. The van der Waals surface area contributed by atoms with Gasteiger partial charge in [0.1, 0.15) is 10.7 Å². The molecule has 2 aliphatic rings. The fraction of sp³-hybridized carbons (Fsp3) is 0.571. The molecule has 3 N–H and O–H groups in total. The Balaban J connectivity index is 1.55. The minimum absolute atomic E-state index is 0.134. The quantitative estimate of drug-likeness (QED) is 0.575. The van der Waals surface area contributed by atoms with Crippen LogP contribution >= 0.6 is 11.3 Å². The van der Waals surface area contributed by atoms with Crippen LogP contribution < -0.4 is 10.0 Å². The molecule has 1 aliphatic carbocycles. The van der Waals surface area contributed by atoms with Crippen molar-refractivity contribution in [2.75, 3.05) is 23.2 Å². The molecule has 7 nitrogen and oxygen atoms in total. The van der Waals surface area contributed by atoms with Crippen molar-refractivity contribution in [2.24, 2.45) is 0 Å². The van der Waals surface area contributed by atoms with E-state index in [0.717, 1.165) is 56.4 Å². The van der Waals surface area contributed by atoms with Crippen LogP contribution in [0.25, 0.3) is 0 Å². The Hall–Kier alpha value is -1.75. The van der Waals surface area contributed by atoms with Crippen LogP contribution in [-0.2, 0) is 10.0 Å². The van der Waals surface area contributed by atoms with Gasteiger partial charge in [0.15, 0.2) is 5.13 Å². The summed E-state index contributed by atoms with van der Waals surface area (Å²) >= 11 is 1.14. The van der Waals surface area contributed by atoms with E-state index in [2.05, 4.69) is 19.9 Å². The molecule has 1 saturated heterocycles. The van der Waals surface area contributed by atoms with Crippen molar-refractivity contribution >= 4 is 32.2 Å². The normalized spacial score (nSPS) is 24.9. The molecule has 2 fully saturated rings. The maximum absolute atomic E-state index is 14.9. The summed E-state index contributed by atoms with van der Waals surface area (Å²) in [4.78, 5) is 5.92.